The molecule has 6 heteroatoms. The monoisotopic (exact) mass is 438 g/mol. The van der Waals surface area contributed by atoms with E-state index >= 15 is 0 Å². The maximum absolute atomic E-state index is 12.1. The summed E-state index contributed by atoms with van der Waals surface area (Å²) in [6.07, 6.45) is 0. The van der Waals surface area contributed by atoms with Gasteiger partial charge in [-0.3, -0.25) is 4.79 Å². The van der Waals surface area contributed by atoms with Gasteiger partial charge in [-0.2, -0.15) is 5.26 Å². The first-order valence-corrected chi connectivity index (χ1v) is 9.59. The first-order valence-electron chi connectivity index (χ1n) is 8.80. The standard InChI is InChI=1S/C22H19BrN2O3/c1-3-27-21-11-16(18-9-14(2)25-22(26)19(18)12-24)7-8-20(21)28-13-15-5-4-6-17(23)10-15/h4-11H,3,13H2,1-2H3,(H,25,26). The van der Waals surface area contributed by atoms with Crippen molar-refractivity contribution in [3.63, 3.8) is 0 Å². The minimum atomic E-state index is -0.398. The molecule has 1 heterocycles. The molecule has 3 rings (SSSR count). The summed E-state index contributed by atoms with van der Waals surface area (Å²) in [5, 5.41) is 9.38. The van der Waals surface area contributed by atoms with E-state index in [1.54, 1.807) is 25.1 Å². The van der Waals surface area contributed by atoms with Crippen LogP contribution in [-0.2, 0) is 6.61 Å². The third-order valence-electron chi connectivity index (χ3n) is 4.12. The smallest absolute Gasteiger partial charge is 0.266 e. The Morgan fingerprint density at radius 3 is 2.64 bits per heavy atom. The van der Waals surface area contributed by atoms with E-state index in [0.717, 1.165) is 15.6 Å². The Morgan fingerprint density at radius 1 is 1.11 bits per heavy atom. The fourth-order valence-corrected chi connectivity index (χ4v) is 3.32. The van der Waals surface area contributed by atoms with Crippen LogP contribution in [0.15, 0.2) is 57.8 Å². The van der Waals surface area contributed by atoms with Crippen LogP contribution in [0.25, 0.3) is 11.1 Å². The van der Waals surface area contributed by atoms with E-state index in [-0.39, 0.29) is 5.56 Å². The minimum absolute atomic E-state index is 0.0795. The molecule has 0 unspecified atom stereocenters. The lowest BCUT2D eigenvalue weighted by molar-refractivity contribution is 0.269. The minimum Gasteiger partial charge on any atom is -0.490 e. The molecule has 0 fully saturated rings. The molecular formula is C22H19BrN2O3. The number of benzene rings is 2. The van der Waals surface area contributed by atoms with Crippen molar-refractivity contribution in [2.45, 2.75) is 20.5 Å². The first kappa shape index (κ1) is 19.7. The second kappa shape index (κ2) is 8.77. The highest BCUT2D eigenvalue weighted by molar-refractivity contribution is 9.10. The average molecular weight is 439 g/mol. The van der Waals surface area contributed by atoms with E-state index in [4.69, 9.17) is 9.47 Å². The lowest BCUT2D eigenvalue weighted by Crippen LogP contribution is -2.12. The van der Waals surface area contributed by atoms with Gasteiger partial charge in [0, 0.05) is 15.7 Å². The van der Waals surface area contributed by atoms with Gasteiger partial charge >= 0.3 is 0 Å². The number of H-pyrrole nitrogens is 1. The molecule has 0 radical (unpaired) electrons. The Balaban J connectivity index is 1.96. The number of aromatic nitrogens is 1. The summed E-state index contributed by atoms with van der Waals surface area (Å²) >= 11 is 3.45. The topological polar surface area (TPSA) is 75.1 Å². The van der Waals surface area contributed by atoms with Crippen LogP contribution >= 0.6 is 15.9 Å². The third-order valence-corrected chi connectivity index (χ3v) is 4.61. The Bertz CT molecular complexity index is 1100. The Morgan fingerprint density at radius 2 is 1.93 bits per heavy atom. The van der Waals surface area contributed by atoms with Crippen molar-refractivity contribution < 1.29 is 9.47 Å². The van der Waals surface area contributed by atoms with E-state index in [2.05, 4.69) is 20.9 Å². The lowest BCUT2D eigenvalue weighted by atomic mass is 10.0. The molecule has 5 nitrogen and oxygen atoms in total. The van der Waals surface area contributed by atoms with Gasteiger partial charge in [0.25, 0.3) is 5.56 Å². The summed E-state index contributed by atoms with van der Waals surface area (Å²) in [6, 6.07) is 17.1. The highest BCUT2D eigenvalue weighted by Crippen LogP contribution is 2.34. The van der Waals surface area contributed by atoms with Crippen LogP contribution in [0.5, 0.6) is 11.5 Å². The van der Waals surface area contributed by atoms with Crippen molar-refractivity contribution in [1.29, 1.82) is 5.26 Å². The van der Waals surface area contributed by atoms with Crippen LogP contribution in [0.2, 0.25) is 0 Å². The number of aromatic amines is 1. The van der Waals surface area contributed by atoms with Crippen molar-refractivity contribution >= 4 is 15.9 Å². The molecule has 0 atom stereocenters. The highest BCUT2D eigenvalue weighted by atomic mass is 79.9. The third kappa shape index (κ3) is 4.44. The number of ether oxygens (including phenoxy) is 2. The number of halogens is 1. The molecule has 0 bridgehead atoms. The van der Waals surface area contributed by atoms with E-state index in [9.17, 15) is 10.1 Å². The molecule has 28 heavy (non-hydrogen) atoms. The summed E-state index contributed by atoms with van der Waals surface area (Å²) in [5.74, 6) is 1.17. The van der Waals surface area contributed by atoms with Crippen LogP contribution < -0.4 is 15.0 Å². The molecule has 0 saturated carbocycles. The van der Waals surface area contributed by atoms with Gasteiger partial charge in [-0.1, -0.05) is 34.1 Å². The number of rotatable bonds is 6. The highest BCUT2D eigenvalue weighted by Gasteiger charge is 2.14. The lowest BCUT2D eigenvalue weighted by Gasteiger charge is -2.14. The maximum Gasteiger partial charge on any atom is 0.266 e. The number of hydrogen-bond donors (Lipinski definition) is 1. The van der Waals surface area contributed by atoms with Crippen LogP contribution in [0.4, 0.5) is 0 Å². The van der Waals surface area contributed by atoms with Crippen molar-refractivity contribution in [1.82, 2.24) is 4.98 Å². The molecule has 0 aliphatic rings. The fraction of sp³-hybridized carbons (Fsp3) is 0.182. The Kier molecular flexibility index (Phi) is 6.17. The largest absolute Gasteiger partial charge is 0.490 e. The second-order valence-electron chi connectivity index (χ2n) is 6.20. The van der Waals surface area contributed by atoms with E-state index in [1.807, 2.05) is 43.3 Å². The SMILES string of the molecule is CCOc1cc(-c2cc(C)[nH]c(=O)c2C#N)ccc1OCc1cccc(Br)c1. The predicted octanol–water partition coefficient (Wildman–Crippen LogP) is 4.96. The van der Waals surface area contributed by atoms with Gasteiger partial charge in [0.05, 0.1) is 6.61 Å². The van der Waals surface area contributed by atoms with E-state index in [0.29, 0.717) is 36.0 Å². The molecular weight excluding hydrogens is 420 g/mol. The second-order valence-corrected chi connectivity index (χ2v) is 7.11. The average Bonchev–Trinajstić information content (AvgIpc) is 2.67. The summed E-state index contributed by atoms with van der Waals surface area (Å²) in [6.45, 7) is 4.54. The van der Waals surface area contributed by atoms with Crippen molar-refractivity contribution in [2.24, 2.45) is 0 Å². The molecule has 1 N–H and O–H groups in total. The number of aryl methyl sites for hydroxylation is 1. The zero-order valence-corrected chi connectivity index (χ0v) is 17.2. The van der Waals surface area contributed by atoms with Crippen molar-refractivity contribution in [3.8, 4) is 28.7 Å². The van der Waals surface area contributed by atoms with Crippen molar-refractivity contribution in [3.05, 3.63) is 80.2 Å². The number of nitriles is 1. The molecule has 0 amide bonds. The fourth-order valence-electron chi connectivity index (χ4n) is 2.88. The summed E-state index contributed by atoms with van der Waals surface area (Å²) in [4.78, 5) is 14.7. The van der Waals surface area contributed by atoms with Gasteiger partial charge < -0.3 is 14.5 Å². The maximum atomic E-state index is 12.1. The first-order chi connectivity index (χ1) is 13.5. The van der Waals surface area contributed by atoms with E-state index < -0.39 is 5.56 Å². The summed E-state index contributed by atoms with van der Waals surface area (Å²) in [5.41, 5.74) is 2.69. The van der Waals surface area contributed by atoms with Crippen LogP contribution in [0.1, 0.15) is 23.7 Å². The van der Waals surface area contributed by atoms with Gasteiger partial charge in [0.1, 0.15) is 18.2 Å². The number of nitrogens with zero attached hydrogens (tertiary/aromatic N) is 1. The molecule has 2 aromatic carbocycles. The number of nitrogens with one attached hydrogen (secondary N) is 1. The zero-order chi connectivity index (χ0) is 20.1. The van der Waals surface area contributed by atoms with Gasteiger partial charge in [-0.15, -0.1) is 0 Å². The molecule has 1 aromatic heterocycles. The van der Waals surface area contributed by atoms with Crippen LogP contribution in [0.3, 0.4) is 0 Å². The van der Waals surface area contributed by atoms with E-state index in [1.165, 1.54) is 0 Å². The molecule has 0 aliphatic heterocycles. The number of hydrogen-bond acceptors (Lipinski definition) is 4. The van der Waals surface area contributed by atoms with Crippen LogP contribution in [-0.4, -0.2) is 11.6 Å². The van der Waals surface area contributed by atoms with Gasteiger partial charge in [0.15, 0.2) is 11.5 Å². The quantitative estimate of drug-likeness (QED) is 0.589. The van der Waals surface area contributed by atoms with Gasteiger partial charge in [-0.25, -0.2) is 0 Å². The normalized spacial score (nSPS) is 10.4. The molecule has 142 valence electrons. The Labute approximate surface area is 171 Å². The van der Waals surface area contributed by atoms with Crippen molar-refractivity contribution in [2.75, 3.05) is 6.61 Å². The summed E-state index contributed by atoms with van der Waals surface area (Å²) in [7, 11) is 0. The summed E-state index contributed by atoms with van der Waals surface area (Å²) < 4.78 is 12.7. The Hall–Kier alpha value is -3.04. The van der Waals surface area contributed by atoms with Gasteiger partial charge in [0.2, 0.25) is 0 Å². The zero-order valence-electron chi connectivity index (χ0n) is 15.6. The van der Waals surface area contributed by atoms with Crippen LogP contribution in [0, 0.1) is 18.3 Å². The van der Waals surface area contributed by atoms with Gasteiger partial charge in [-0.05, 0) is 55.3 Å². The molecule has 3 aromatic rings. The number of pyridine rings is 1. The molecule has 0 saturated heterocycles. The molecule has 0 aliphatic carbocycles. The molecule has 0 spiro atoms. The predicted molar refractivity (Wildman–Crippen MR) is 112 cm³/mol.